The molecule has 16 heavy (non-hydrogen) atoms. The minimum atomic E-state index is -0.719. The zero-order valence-corrected chi connectivity index (χ0v) is 9.23. The van der Waals surface area contributed by atoms with Gasteiger partial charge in [0, 0.05) is 6.04 Å². The Balaban J connectivity index is 1.93. The highest BCUT2D eigenvalue weighted by atomic mass is 16.4. The Kier molecular flexibility index (Phi) is 2.04. The topological polar surface area (TPSA) is 49.3 Å². The molecule has 0 amide bonds. The first kappa shape index (κ1) is 9.85. The molecule has 0 bridgehead atoms. The van der Waals surface area contributed by atoms with Crippen molar-refractivity contribution < 1.29 is 9.90 Å². The molecule has 1 aliphatic heterocycles. The highest BCUT2D eigenvalue weighted by Gasteiger charge is 2.42. The van der Waals surface area contributed by atoms with Gasteiger partial charge in [0.15, 0.2) is 0 Å². The molecule has 3 atom stereocenters. The van der Waals surface area contributed by atoms with E-state index in [1.54, 1.807) is 0 Å². The summed E-state index contributed by atoms with van der Waals surface area (Å²) in [6.07, 6.45) is 1.78. The quantitative estimate of drug-likeness (QED) is 0.752. The van der Waals surface area contributed by atoms with Gasteiger partial charge >= 0.3 is 5.97 Å². The summed E-state index contributed by atoms with van der Waals surface area (Å²) in [7, 11) is 0. The Morgan fingerprint density at radius 1 is 1.50 bits per heavy atom. The van der Waals surface area contributed by atoms with Crippen LogP contribution in [0.1, 0.15) is 29.2 Å². The summed E-state index contributed by atoms with van der Waals surface area (Å²) in [5.74, 6) is -0.249. The maximum Gasteiger partial charge on any atom is 0.320 e. The summed E-state index contributed by atoms with van der Waals surface area (Å²) in [5, 5.41) is 12.2. The van der Waals surface area contributed by atoms with Gasteiger partial charge in [0.1, 0.15) is 6.04 Å². The highest BCUT2D eigenvalue weighted by Crippen LogP contribution is 2.43. The number of benzene rings is 1. The molecule has 3 nitrogen and oxygen atoms in total. The van der Waals surface area contributed by atoms with Crippen LogP contribution in [0, 0.1) is 12.8 Å². The summed E-state index contributed by atoms with van der Waals surface area (Å²) in [6, 6.07) is 6.41. The number of carboxylic acids is 1. The number of fused-ring (bicyclic) bond motifs is 3. The molecule has 0 spiro atoms. The lowest BCUT2D eigenvalue weighted by Crippen LogP contribution is -2.31. The Labute approximate surface area is 94.5 Å². The van der Waals surface area contributed by atoms with Crippen molar-refractivity contribution in [1.82, 2.24) is 5.32 Å². The third-order valence-electron chi connectivity index (χ3n) is 3.81. The number of aliphatic carboxylic acids is 1. The number of nitrogens with one attached hydrogen (secondary N) is 1. The van der Waals surface area contributed by atoms with E-state index in [4.69, 9.17) is 5.11 Å². The fraction of sp³-hybridized carbons (Fsp3) is 0.462. The van der Waals surface area contributed by atoms with Gasteiger partial charge < -0.3 is 5.11 Å². The van der Waals surface area contributed by atoms with Crippen LogP contribution in [0.3, 0.4) is 0 Å². The van der Waals surface area contributed by atoms with E-state index in [-0.39, 0.29) is 12.1 Å². The monoisotopic (exact) mass is 217 g/mol. The lowest BCUT2D eigenvalue weighted by Gasteiger charge is -2.12. The van der Waals surface area contributed by atoms with E-state index >= 15 is 0 Å². The van der Waals surface area contributed by atoms with Crippen molar-refractivity contribution in [3.63, 3.8) is 0 Å². The first-order valence-corrected chi connectivity index (χ1v) is 5.73. The molecule has 1 heterocycles. The summed E-state index contributed by atoms with van der Waals surface area (Å²) < 4.78 is 0. The van der Waals surface area contributed by atoms with Crippen LogP contribution in [0.2, 0.25) is 0 Å². The fourth-order valence-corrected chi connectivity index (χ4v) is 3.05. The number of hydrogen-bond donors (Lipinski definition) is 2. The van der Waals surface area contributed by atoms with Gasteiger partial charge in [0.05, 0.1) is 0 Å². The van der Waals surface area contributed by atoms with Crippen LogP contribution in [0.4, 0.5) is 0 Å². The maximum absolute atomic E-state index is 10.9. The van der Waals surface area contributed by atoms with Crippen LogP contribution < -0.4 is 5.32 Å². The molecule has 3 heteroatoms. The van der Waals surface area contributed by atoms with Gasteiger partial charge in [-0.3, -0.25) is 10.1 Å². The molecule has 1 aromatic rings. The van der Waals surface area contributed by atoms with Gasteiger partial charge in [-0.1, -0.05) is 23.8 Å². The van der Waals surface area contributed by atoms with Gasteiger partial charge in [-0.05, 0) is 36.8 Å². The molecule has 1 aliphatic carbocycles. The lowest BCUT2D eigenvalue weighted by molar-refractivity contribution is -0.139. The maximum atomic E-state index is 10.9. The standard InChI is InChI=1S/C13H15NO2/c1-7-2-3-8-5-9-6-11(13(15)16)14-12(9)10(8)4-7/h2-4,9,11-12,14H,5-6H2,1H3,(H,15,16). The fourth-order valence-electron chi connectivity index (χ4n) is 3.05. The molecule has 0 saturated carbocycles. The van der Waals surface area contributed by atoms with E-state index in [1.165, 1.54) is 16.7 Å². The van der Waals surface area contributed by atoms with Gasteiger partial charge in [-0.15, -0.1) is 0 Å². The molecular weight excluding hydrogens is 202 g/mol. The number of carbonyl (C=O) groups is 1. The Morgan fingerprint density at radius 3 is 3.06 bits per heavy atom. The van der Waals surface area contributed by atoms with E-state index in [0.29, 0.717) is 5.92 Å². The van der Waals surface area contributed by atoms with Crippen LogP contribution in [-0.4, -0.2) is 17.1 Å². The molecule has 1 fully saturated rings. The zero-order valence-electron chi connectivity index (χ0n) is 9.23. The first-order chi connectivity index (χ1) is 7.65. The van der Waals surface area contributed by atoms with E-state index in [0.717, 1.165) is 12.8 Å². The SMILES string of the molecule is Cc1ccc2c(c1)C1NC(C(=O)O)CC1C2. The van der Waals surface area contributed by atoms with Crippen molar-refractivity contribution in [2.45, 2.75) is 31.8 Å². The Morgan fingerprint density at radius 2 is 2.31 bits per heavy atom. The Bertz CT molecular complexity index is 455. The van der Waals surface area contributed by atoms with E-state index in [2.05, 4.69) is 30.4 Å². The summed E-state index contributed by atoms with van der Waals surface area (Å²) in [5.41, 5.74) is 3.95. The normalized spacial score (nSPS) is 31.2. The smallest absolute Gasteiger partial charge is 0.320 e. The van der Waals surface area contributed by atoms with Crippen LogP contribution in [-0.2, 0) is 11.2 Å². The molecular formula is C13H15NO2. The number of rotatable bonds is 1. The zero-order chi connectivity index (χ0) is 11.3. The molecule has 1 saturated heterocycles. The molecule has 2 N–H and O–H groups in total. The molecule has 2 aliphatic rings. The molecule has 0 radical (unpaired) electrons. The average Bonchev–Trinajstić information content (AvgIpc) is 2.75. The van der Waals surface area contributed by atoms with Crippen molar-refractivity contribution in [3.05, 3.63) is 34.9 Å². The predicted molar refractivity (Wildman–Crippen MR) is 60.3 cm³/mol. The third-order valence-corrected chi connectivity index (χ3v) is 3.81. The number of hydrogen-bond acceptors (Lipinski definition) is 2. The van der Waals surface area contributed by atoms with Crippen molar-refractivity contribution in [2.24, 2.45) is 5.92 Å². The van der Waals surface area contributed by atoms with Gasteiger partial charge in [-0.25, -0.2) is 0 Å². The molecule has 3 unspecified atom stereocenters. The van der Waals surface area contributed by atoms with Crippen molar-refractivity contribution in [3.8, 4) is 0 Å². The van der Waals surface area contributed by atoms with Crippen molar-refractivity contribution in [2.75, 3.05) is 0 Å². The minimum absolute atomic E-state index is 0.260. The summed E-state index contributed by atoms with van der Waals surface area (Å²) in [4.78, 5) is 10.9. The van der Waals surface area contributed by atoms with Crippen LogP contribution in [0.5, 0.6) is 0 Å². The minimum Gasteiger partial charge on any atom is -0.480 e. The first-order valence-electron chi connectivity index (χ1n) is 5.73. The van der Waals surface area contributed by atoms with Crippen molar-refractivity contribution in [1.29, 1.82) is 0 Å². The van der Waals surface area contributed by atoms with Crippen LogP contribution in [0.25, 0.3) is 0 Å². The largest absolute Gasteiger partial charge is 0.480 e. The summed E-state index contributed by atoms with van der Waals surface area (Å²) >= 11 is 0. The predicted octanol–water partition coefficient (Wildman–Crippen LogP) is 1.65. The number of carboxylic acid groups (broad SMARTS) is 1. The second-order valence-electron chi connectivity index (χ2n) is 4.94. The van der Waals surface area contributed by atoms with Crippen LogP contribution in [0.15, 0.2) is 18.2 Å². The second kappa shape index (κ2) is 3.32. The molecule has 3 rings (SSSR count). The van der Waals surface area contributed by atoms with E-state index in [9.17, 15) is 4.79 Å². The third kappa shape index (κ3) is 1.35. The average molecular weight is 217 g/mol. The molecule has 84 valence electrons. The van der Waals surface area contributed by atoms with Gasteiger partial charge in [0.25, 0.3) is 0 Å². The Hall–Kier alpha value is -1.35. The van der Waals surface area contributed by atoms with E-state index < -0.39 is 5.97 Å². The molecule has 0 aromatic heterocycles. The highest BCUT2D eigenvalue weighted by molar-refractivity contribution is 5.74. The van der Waals surface area contributed by atoms with Gasteiger partial charge in [-0.2, -0.15) is 0 Å². The lowest BCUT2D eigenvalue weighted by atomic mass is 10.00. The van der Waals surface area contributed by atoms with Gasteiger partial charge in [0.2, 0.25) is 0 Å². The second-order valence-corrected chi connectivity index (χ2v) is 4.94. The molecule has 1 aromatic carbocycles. The van der Waals surface area contributed by atoms with E-state index in [1.807, 2.05) is 0 Å². The number of aryl methyl sites for hydroxylation is 1. The van der Waals surface area contributed by atoms with Crippen molar-refractivity contribution >= 4 is 5.97 Å². The summed E-state index contributed by atoms with van der Waals surface area (Å²) in [6.45, 7) is 2.08. The van der Waals surface area contributed by atoms with Crippen LogP contribution >= 0.6 is 0 Å².